The van der Waals surface area contributed by atoms with Crippen LogP contribution in [0.15, 0.2) is 53.4 Å². The molecule has 0 aliphatic carbocycles. The van der Waals surface area contributed by atoms with Crippen LogP contribution in [0.3, 0.4) is 0 Å². The Kier molecular flexibility index (Phi) is 6.07. The van der Waals surface area contributed by atoms with Gasteiger partial charge in [-0.25, -0.2) is 9.97 Å². The SMILES string of the molecule is Cl.FC(F)(F)c1cccc(-c2nc3occn3c2-c2ccnc(NC3CCNCC3)n2)c1. The molecule has 11 heteroatoms. The first kappa shape index (κ1) is 22.1. The topological polar surface area (TPSA) is 80.3 Å². The number of hydrogen-bond acceptors (Lipinski definition) is 6. The number of alkyl halides is 3. The van der Waals surface area contributed by atoms with Crippen LogP contribution in [0.2, 0.25) is 0 Å². The molecule has 1 saturated heterocycles. The van der Waals surface area contributed by atoms with E-state index < -0.39 is 11.7 Å². The summed E-state index contributed by atoms with van der Waals surface area (Å²) in [5.74, 6) is 0.742. The fourth-order valence-electron chi connectivity index (χ4n) is 3.78. The van der Waals surface area contributed by atoms with Gasteiger partial charge >= 0.3 is 12.0 Å². The predicted octanol–water partition coefficient (Wildman–Crippen LogP) is 4.66. The fraction of sp³-hybridized carbons (Fsp3) is 0.286. The molecule has 5 rings (SSSR count). The molecule has 1 aliphatic rings. The zero-order chi connectivity index (χ0) is 21.4. The standard InChI is InChI=1S/C21H19F3N6O.ClH/c22-21(23,24)14-3-1-2-13(12-14)17-18(30-10-11-31-20(30)29-17)16-6-9-26-19(28-16)27-15-4-7-25-8-5-15;/h1-3,6,9-12,15,25H,4-5,7-8H2,(H,26,27,28);1H. The molecular weight excluding hydrogens is 445 g/mol. The van der Waals surface area contributed by atoms with E-state index in [-0.39, 0.29) is 24.3 Å². The minimum atomic E-state index is -4.45. The molecular formula is C21H20ClF3N6O. The lowest BCUT2D eigenvalue weighted by atomic mass is 10.0. The Bertz CT molecular complexity index is 1220. The quantitative estimate of drug-likeness (QED) is 0.457. The van der Waals surface area contributed by atoms with Gasteiger partial charge < -0.3 is 15.1 Å². The number of oxazole rings is 1. The summed E-state index contributed by atoms with van der Waals surface area (Å²) < 4.78 is 46.8. The van der Waals surface area contributed by atoms with Crippen LogP contribution in [0, 0.1) is 0 Å². The third-order valence-electron chi connectivity index (χ3n) is 5.30. The highest BCUT2D eigenvalue weighted by Crippen LogP contribution is 2.36. The van der Waals surface area contributed by atoms with Crippen molar-refractivity contribution in [2.45, 2.75) is 25.1 Å². The molecule has 0 saturated carbocycles. The summed E-state index contributed by atoms with van der Waals surface area (Å²) in [6, 6.07) is 7.05. The summed E-state index contributed by atoms with van der Waals surface area (Å²) in [7, 11) is 0. The number of nitrogens with zero attached hydrogens (tertiary/aromatic N) is 4. The Labute approximate surface area is 187 Å². The highest BCUT2D eigenvalue weighted by atomic mass is 35.5. The van der Waals surface area contributed by atoms with E-state index >= 15 is 0 Å². The van der Waals surface area contributed by atoms with Crippen molar-refractivity contribution >= 4 is 24.2 Å². The van der Waals surface area contributed by atoms with E-state index in [1.54, 1.807) is 28.9 Å². The van der Waals surface area contributed by atoms with E-state index in [1.807, 2.05) is 0 Å². The lowest BCUT2D eigenvalue weighted by Crippen LogP contribution is -2.35. The number of halogens is 4. The number of rotatable bonds is 4. The normalized spacial score (nSPS) is 15.0. The van der Waals surface area contributed by atoms with E-state index in [2.05, 4.69) is 25.6 Å². The molecule has 168 valence electrons. The van der Waals surface area contributed by atoms with Crippen molar-refractivity contribution in [1.29, 1.82) is 0 Å². The summed E-state index contributed by atoms with van der Waals surface area (Å²) in [6.07, 6.45) is 2.23. The van der Waals surface area contributed by atoms with E-state index in [0.717, 1.165) is 38.1 Å². The lowest BCUT2D eigenvalue weighted by molar-refractivity contribution is -0.137. The maximum atomic E-state index is 13.2. The largest absolute Gasteiger partial charge is 0.432 e. The Morgan fingerprint density at radius 1 is 1.12 bits per heavy atom. The number of nitrogens with one attached hydrogen (secondary N) is 2. The predicted molar refractivity (Wildman–Crippen MR) is 116 cm³/mol. The van der Waals surface area contributed by atoms with E-state index in [1.165, 1.54) is 12.3 Å². The molecule has 1 aromatic carbocycles. The third kappa shape index (κ3) is 4.28. The number of anilines is 1. The summed E-state index contributed by atoms with van der Waals surface area (Å²) >= 11 is 0. The number of hydrogen-bond donors (Lipinski definition) is 2. The molecule has 1 aliphatic heterocycles. The van der Waals surface area contributed by atoms with Crippen LogP contribution in [0.25, 0.3) is 28.5 Å². The first-order valence-electron chi connectivity index (χ1n) is 9.93. The number of imidazole rings is 1. The Balaban J connectivity index is 0.00000245. The maximum Gasteiger partial charge on any atom is 0.416 e. The molecule has 2 N–H and O–H groups in total. The summed E-state index contributed by atoms with van der Waals surface area (Å²) in [4.78, 5) is 13.4. The number of piperidine rings is 1. The van der Waals surface area contributed by atoms with Crippen molar-refractivity contribution in [3.63, 3.8) is 0 Å². The van der Waals surface area contributed by atoms with Gasteiger partial charge in [-0.1, -0.05) is 12.1 Å². The Morgan fingerprint density at radius 2 is 1.94 bits per heavy atom. The molecule has 0 atom stereocenters. The zero-order valence-corrected chi connectivity index (χ0v) is 17.6. The summed E-state index contributed by atoms with van der Waals surface area (Å²) in [5.41, 5.74) is 1.02. The Hall–Kier alpha value is -3.11. The zero-order valence-electron chi connectivity index (χ0n) is 16.8. The van der Waals surface area contributed by atoms with Crippen molar-refractivity contribution in [3.8, 4) is 22.6 Å². The van der Waals surface area contributed by atoms with Crippen LogP contribution in [-0.4, -0.2) is 38.5 Å². The average molecular weight is 465 g/mol. The van der Waals surface area contributed by atoms with Crippen LogP contribution in [0.5, 0.6) is 0 Å². The average Bonchev–Trinajstić information content (AvgIpc) is 3.35. The molecule has 0 bridgehead atoms. The molecule has 4 aromatic rings. The van der Waals surface area contributed by atoms with E-state index in [0.29, 0.717) is 28.6 Å². The van der Waals surface area contributed by atoms with Crippen molar-refractivity contribution < 1.29 is 17.6 Å². The van der Waals surface area contributed by atoms with Gasteiger partial charge in [0.2, 0.25) is 5.95 Å². The minimum Gasteiger partial charge on any atom is -0.432 e. The molecule has 0 spiro atoms. The van der Waals surface area contributed by atoms with Crippen LogP contribution in [0.1, 0.15) is 18.4 Å². The minimum absolute atomic E-state index is 0. The summed E-state index contributed by atoms with van der Waals surface area (Å²) in [5, 5.41) is 6.66. The molecule has 3 aromatic heterocycles. The smallest absolute Gasteiger partial charge is 0.416 e. The van der Waals surface area contributed by atoms with Crippen molar-refractivity contribution in [2.24, 2.45) is 0 Å². The van der Waals surface area contributed by atoms with Gasteiger partial charge in [0.1, 0.15) is 17.7 Å². The van der Waals surface area contributed by atoms with E-state index in [9.17, 15) is 13.2 Å². The molecule has 1 fully saturated rings. The molecule has 0 amide bonds. The monoisotopic (exact) mass is 464 g/mol. The third-order valence-corrected chi connectivity index (χ3v) is 5.30. The van der Waals surface area contributed by atoms with Crippen LogP contribution < -0.4 is 10.6 Å². The van der Waals surface area contributed by atoms with Gasteiger partial charge in [-0.2, -0.15) is 18.2 Å². The van der Waals surface area contributed by atoms with Crippen LogP contribution >= 0.6 is 12.4 Å². The van der Waals surface area contributed by atoms with E-state index in [4.69, 9.17) is 4.42 Å². The molecule has 32 heavy (non-hydrogen) atoms. The molecule has 0 radical (unpaired) electrons. The van der Waals surface area contributed by atoms with Crippen molar-refractivity contribution in [1.82, 2.24) is 24.7 Å². The summed E-state index contributed by atoms with van der Waals surface area (Å²) in [6.45, 7) is 1.85. The van der Waals surface area contributed by atoms with Crippen LogP contribution in [-0.2, 0) is 6.18 Å². The highest BCUT2D eigenvalue weighted by molar-refractivity contribution is 5.85. The van der Waals surface area contributed by atoms with Gasteiger partial charge in [-0.3, -0.25) is 4.40 Å². The molecule has 7 nitrogen and oxygen atoms in total. The first-order valence-corrected chi connectivity index (χ1v) is 9.93. The van der Waals surface area contributed by atoms with Crippen molar-refractivity contribution in [2.75, 3.05) is 18.4 Å². The number of benzene rings is 1. The second-order valence-electron chi connectivity index (χ2n) is 7.38. The van der Waals surface area contributed by atoms with Gasteiger partial charge in [0.25, 0.3) is 0 Å². The molecule has 4 heterocycles. The highest BCUT2D eigenvalue weighted by Gasteiger charge is 2.31. The van der Waals surface area contributed by atoms with Crippen LogP contribution in [0.4, 0.5) is 19.1 Å². The Morgan fingerprint density at radius 3 is 2.72 bits per heavy atom. The van der Waals surface area contributed by atoms with Gasteiger partial charge in [-0.15, -0.1) is 12.4 Å². The second-order valence-corrected chi connectivity index (χ2v) is 7.38. The van der Waals surface area contributed by atoms with Gasteiger partial charge in [0, 0.05) is 24.0 Å². The number of aromatic nitrogens is 4. The lowest BCUT2D eigenvalue weighted by Gasteiger charge is -2.23. The van der Waals surface area contributed by atoms with Gasteiger partial charge in [0.05, 0.1) is 11.3 Å². The van der Waals surface area contributed by atoms with Crippen molar-refractivity contribution in [3.05, 3.63) is 54.6 Å². The fourth-order valence-corrected chi connectivity index (χ4v) is 3.78. The maximum absolute atomic E-state index is 13.2. The van der Waals surface area contributed by atoms with Gasteiger partial charge in [0.15, 0.2) is 0 Å². The first-order chi connectivity index (χ1) is 15.0. The second kappa shape index (κ2) is 8.79. The molecule has 0 unspecified atom stereocenters. The van der Waals surface area contributed by atoms with Gasteiger partial charge in [-0.05, 0) is 44.1 Å². The number of fused-ring (bicyclic) bond motifs is 1.